The first-order valence-corrected chi connectivity index (χ1v) is 9.78. The quantitative estimate of drug-likeness (QED) is 0.843. The molecule has 0 unspecified atom stereocenters. The van der Waals surface area contributed by atoms with Gasteiger partial charge in [-0.3, -0.25) is 9.78 Å². The van der Waals surface area contributed by atoms with Crippen LogP contribution in [0.1, 0.15) is 49.0 Å². The van der Waals surface area contributed by atoms with Gasteiger partial charge in [-0.25, -0.2) is 9.78 Å². The van der Waals surface area contributed by atoms with Crippen LogP contribution in [0.3, 0.4) is 0 Å². The van der Waals surface area contributed by atoms with Gasteiger partial charge in [-0.05, 0) is 68.4 Å². The van der Waals surface area contributed by atoms with E-state index in [0.717, 1.165) is 37.0 Å². The lowest BCUT2D eigenvalue weighted by molar-refractivity contribution is -0.130. The Hall–Kier alpha value is -2.50. The van der Waals surface area contributed by atoms with Gasteiger partial charge in [0.25, 0.3) is 5.91 Å². The van der Waals surface area contributed by atoms with Crippen LogP contribution in [0, 0.1) is 17.8 Å². The summed E-state index contributed by atoms with van der Waals surface area (Å²) in [5, 5.41) is 3.21. The van der Waals surface area contributed by atoms with Gasteiger partial charge in [0.2, 0.25) is 0 Å². The number of aromatic nitrogens is 2. The summed E-state index contributed by atoms with van der Waals surface area (Å²) in [6.45, 7) is -0.269. The van der Waals surface area contributed by atoms with E-state index in [4.69, 9.17) is 4.74 Å². The van der Waals surface area contributed by atoms with E-state index in [9.17, 15) is 9.59 Å². The highest BCUT2D eigenvalue weighted by atomic mass is 16.5. The van der Waals surface area contributed by atoms with Gasteiger partial charge in [0.1, 0.15) is 0 Å². The van der Waals surface area contributed by atoms with Crippen molar-refractivity contribution in [3.05, 3.63) is 36.2 Å². The first-order chi connectivity index (χ1) is 13.1. The zero-order valence-electron chi connectivity index (χ0n) is 15.2. The van der Waals surface area contributed by atoms with Crippen LogP contribution in [0.4, 0.5) is 0 Å². The van der Waals surface area contributed by atoms with E-state index in [-0.39, 0.29) is 23.7 Å². The molecule has 4 aliphatic carbocycles. The molecule has 4 bridgehead atoms. The third kappa shape index (κ3) is 3.17. The number of hydrogen-bond donors (Lipinski definition) is 1. The van der Waals surface area contributed by atoms with Crippen molar-refractivity contribution in [3.8, 4) is 0 Å². The Kier molecular flexibility index (Phi) is 3.88. The van der Waals surface area contributed by atoms with Crippen LogP contribution in [-0.2, 0) is 9.53 Å². The maximum atomic E-state index is 12.5. The second-order valence-corrected chi connectivity index (χ2v) is 8.57. The molecule has 1 heterocycles. The van der Waals surface area contributed by atoms with Gasteiger partial charge in [-0.2, -0.15) is 0 Å². The van der Waals surface area contributed by atoms with E-state index in [1.807, 2.05) is 18.2 Å². The first-order valence-electron chi connectivity index (χ1n) is 9.78. The zero-order valence-corrected chi connectivity index (χ0v) is 15.2. The van der Waals surface area contributed by atoms with Crippen molar-refractivity contribution in [2.45, 2.75) is 44.1 Å². The number of para-hydroxylation sites is 2. The van der Waals surface area contributed by atoms with Crippen LogP contribution in [0.5, 0.6) is 0 Å². The smallest absolute Gasteiger partial charge is 0.359 e. The Morgan fingerprint density at radius 2 is 1.67 bits per heavy atom. The van der Waals surface area contributed by atoms with Crippen molar-refractivity contribution < 1.29 is 14.3 Å². The number of amides is 1. The average Bonchev–Trinajstić information content (AvgIpc) is 2.64. The summed E-state index contributed by atoms with van der Waals surface area (Å²) in [5.74, 6) is 1.44. The molecule has 1 aromatic heterocycles. The Bertz CT molecular complexity index is 875. The molecule has 140 valence electrons. The molecule has 0 atom stereocenters. The second-order valence-electron chi connectivity index (χ2n) is 8.57. The number of rotatable bonds is 4. The van der Waals surface area contributed by atoms with E-state index in [1.165, 1.54) is 25.5 Å². The van der Waals surface area contributed by atoms with E-state index >= 15 is 0 Å². The molecular weight excluding hydrogens is 342 g/mol. The lowest BCUT2D eigenvalue weighted by atomic mass is 9.53. The normalized spacial score (nSPS) is 31.0. The van der Waals surface area contributed by atoms with E-state index in [1.54, 1.807) is 6.07 Å². The third-order valence-corrected chi connectivity index (χ3v) is 6.43. The highest BCUT2D eigenvalue weighted by molar-refractivity contribution is 5.91. The van der Waals surface area contributed by atoms with Crippen LogP contribution in [0.15, 0.2) is 30.5 Å². The highest BCUT2D eigenvalue weighted by Gasteiger charge is 2.51. The van der Waals surface area contributed by atoms with Crippen molar-refractivity contribution in [1.82, 2.24) is 15.3 Å². The number of fused-ring (bicyclic) bond motifs is 1. The summed E-state index contributed by atoms with van der Waals surface area (Å²) in [5.41, 5.74) is 1.40. The molecule has 6 rings (SSSR count). The average molecular weight is 365 g/mol. The molecule has 4 saturated carbocycles. The number of benzene rings is 1. The van der Waals surface area contributed by atoms with Crippen molar-refractivity contribution in [3.63, 3.8) is 0 Å². The van der Waals surface area contributed by atoms with Gasteiger partial charge >= 0.3 is 5.97 Å². The summed E-state index contributed by atoms with van der Waals surface area (Å²) in [4.78, 5) is 33.2. The van der Waals surface area contributed by atoms with Crippen LogP contribution in [0.2, 0.25) is 0 Å². The molecule has 1 amide bonds. The molecular formula is C21H23N3O3. The number of hydrogen-bond acceptors (Lipinski definition) is 5. The maximum Gasteiger partial charge on any atom is 0.359 e. The van der Waals surface area contributed by atoms with Crippen molar-refractivity contribution in [2.24, 2.45) is 17.8 Å². The lowest BCUT2D eigenvalue weighted by Crippen LogP contribution is -2.60. The minimum atomic E-state index is -0.617. The monoisotopic (exact) mass is 365 g/mol. The molecule has 1 N–H and O–H groups in total. The molecule has 2 aromatic rings. The largest absolute Gasteiger partial charge is 0.451 e. The Balaban J connectivity index is 1.21. The molecule has 0 aliphatic heterocycles. The summed E-state index contributed by atoms with van der Waals surface area (Å²) >= 11 is 0. The van der Waals surface area contributed by atoms with Gasteiger partial charge in [-0.15, -0.1) is 0 Å². The standard InChI is InChI=1S/C21H23N3O3/c25-19(24-21-8-13-5-14(9-21)7-15(6-13)10-21)12-27-20(26)18-11-22-16-3-1-2-4-17(16)23-18/h1-4,11,13-15H,5-10,12H2,(H,24,25). The third-order valence-electron chi connectivity index (χ3n) is 6.43. The van der Waals surface area contributed by atoms with Crippen LogP contribution < -0.4 is 5.32 Å². The number of carbonyl (C=O) groups excluding carboxylic acids is 2. The summed E-state index contributed by atoms with van der Waals surface area (Å²) in [7, 11) is 0. The fraction of sp³-hybridized carbons (Fsp3) is 0.524. The Morgan fingerprint density at radius 1 is 1.04 bits per heavy atom. The molecule has 1 aromatic carbocycles. The summed E-state index contributed by atoms with van der Waals surface area (Å²) in [6, 6.07) is 7.32. The zero-order chi connectivity index (χ0) is 18.4. The molecule has 0 saturated heterocycles. The topological polar surface area (TPSA) is 81.2 Å². The van der Waals surface area contributed by atoms with Crippen LogP contribution in [-0.4, -0.2) is 34.0 Å². The predicted molar refractivity (Wildman–Crippen MR) is 98.9 cm³/mol. The van der Waals surface area contributed by atoms with Gasteiger partial charge in [0.05, 0.1) is 17.2 Å². The minimum absolute atomic E-state index is 0.0685. The van der Waals surface area contributed by atoms with Gasteiger partial charge in [0, 0.05) is 5.54 Å². The predicted octanol–water partition coefficient (Wildman–Crippen LogP) is 2.87. The molecule has 4 aliphatic rings. The number of carbonyl (C=O) groups is 2. The Morgan fingerprint density at radius 3 is 2.33 bits per heavy atom. The van der Waals surface area contributed by atoms with Gasteiger partial charge < -0.3 is 10.1 Å². The van der Waals surface area contributed by atoms with E-state index < -0.39 is 5.97 Å². The van der Waals surface area contributed by atoms with Crippen molar-refractivity contribution in [1.29, 1.82) is 0 Å². The second kappa shape index (κ2) is 6.29. The van der Waals surface area contributed by atoms with E-state index in [0.29, 0.717) is 11.0 Å². The van der Waals surface area contributed by atoms with Gasteiger partial charge in [-0.1, -0.05) is 12.1 Å². The Labute approximate surface area is 157 Å². The fourth-order valence-electron chi connectivity index (χ4n) is 5.86. The van der Waals surface area contributed by atoms with Crippen LogP contribution >= 0.6 is 0 Å². The van der Waals surface area contributed by atoms with Crippen molar-refractivity contribution >= 4 is 22.9 Å². The van der Waals surface area contributed by atoms with Crippen molar-refractivity contribution in [2.75, 3.05) is 6.61 Å². The number of esters is 1. The summed E-state index contributed by atoms with van der Waals surface area (Å²) in [6.07, 6.45) is 8.60. The molecule has 6 heteroatoms. The number of nitrogens with one attached hydrogen (secondary N) is 1. The van der Waals surface area contributed by atoms with Gasteiger partial charge in [0.15, 0.2) is 12.3 Å². The molecule has 4 fully saturated rings. The number of nitrogens with zero attached hydrogens (tertiary/aromatic N) is 2. The maximum absolute atomic E-state index is 12.5. The highest BCUT2D eigenvalue weighted by Crippen LogP contribution is 2.55. The molecule has 6 nitrogen and oxygen atoms in total. The SMILES string of the molecule is O=C(COC(=O)c1cnc2ccccc2n1)NC12CC3CC(CC(C3)C1)C2. The van der Waals surface area contributed by atoms with Crippen LogP contribution in [0.25, 0.3) is 11.0 Å². The summed E-state index contributed by atoms with van der Waals surface area (Å²) < 4.78 is 5.20. The fourth-order valence-corrected chi connectivity index (χ4v) is 5.86. The molecule has 0 spiro atoms. The molecule has 0 radical (unpaired) electrons. The first kappa shape index (κ1) is 16.7. The van der Waals surface area contributed by atoms with E-state index in [2.05, 4.69) is 15.3 Å². The number of ether oxygens (including phenoxy) is 1. The lowest BCUT2D eigenvalue weighted by Gasteiger charge is -2.56. The minimum Gasteiger partial charge on any atom is -0.451 e. The molecule has 27 heavy (non-hydrogen) atoms.